The Balaban J connectivity index is 1.96. The maximum atomic E-state index is 4.07. The molecule has 0 amide bonds. The van der Waals surface area contributed by atoms with Gasteiger partial charge in [-0.15, -0.1) is 0 Å². The van der Waals surface area contributed by atoms with Crippen molar-refractivity contribution in [1.29, 1.82) is 0 Å². The molecule has 0 unspecified atom stereocenters. The highest BCUT2D eigenvalue weighted by Gasteiger charge is 2.05. The van der Waals surface area contributed by atoms with Crippen LogP contribution in [0.3, 0.4) is 0 Å². The summed E-state index contributed by atoms with van der Waals surface area (Å²) in [4.78, 5) is 0. The van der Waals surface area contributed by atoms with Crippen LogP contribution in [0.1, 0.15) is 30.9 Å². The molecule has 17 heavy (non-hydrogen) atoms. The lowest BCUT2D eigenvalue weighted by Gasteiger charge is -2.13. The molecule has 2 rings (SSSR count). The van der Waals surface area contributed by atoms with Gasteiger partial charge in [-0.05, 0) is 49.8 Å². The highest BCUT2D eigenvalue weighted by atomic mass is 14.1. The molecule has 1 aliphatic rings. The van der Waals surface area contributed by atoms with Crippen molar-refractivity contribution in [2.75, 3.05) is 0 Å². The van der Waals surface area contributed by atoms with Crippen LogP contribution in [0, 0.1) is 6.92 Å². The number of hydrogen-bond acceptors (Lipinski definition) is 0. The molecule has 1 aromatic rings. The molecule has 0 bridgehead atoms. The first-order valence-corrected chi connectivity index (χ1v) is 6.26. The minimum Gasteiger partial charge on any atom is -0.0915 e. The third kappa shape index (κ3) is 3.20. The van der Waals surface area contributed by atoms with Gasteiger partial charge in [-0.3, -0.25) is 0 Å². The Morgan fingerprint density at radius 2 is 2.00 bits per heavy atom. The molecule has 0 heteroatoms. The molecule has 1 aliphatic carbocycles. The minimum absolute atomic E-state index is 1.09. The molecule has 88 valence electrons. The van der Waals surface area contributed by atoms with Crippen LogP contribution < -0.4 is 0 Å². The van der Waals surface area contributed by atoms with Gasteiger partial charge in [-0.25, -0.2) is 0 Å². The van der Waals surface area contributed by atoms with E-state index in [1.54, 1.807) is 0 Å². The van der Waals surface area contributed by atoms with E-state index in [4.69, 9.17) is 0 Å². The Morgan fingerprint density at radius 1 is 1.18 bits per heavy atom. The molecule has 0 heterocycles. The molecule has 0 aromatic heterocycles. The Hall–Kier alpha value is -1.56. The second kappa shape index (κ2) is 5.18. The molecule has 0 saturated carbocycles. The van der Waals surface area contributed by atoms with Gasteiger partial charge in [0, 0.05) is 0 Å². The summed E-state index contributed by atoms with van der Waals surface area (Å²) in [6, 6.07) is 8.78. The lowest BCUT2D eigenvalue weighted by atomic mass is 9.92. The fourth-order valence-corrected chi connectivity index (χ4v) is 2.18. The van der Waals surface area contributed by atoms with Gasteiger partial charge in [0.25, 0.3) is 0 Å². The lowest BCUT2D eigenvalue weighted by molar-refractivity contribution is 0.898. The Labute approximate surface area is 104 Å². The number of hydrogen-bond donors (Lipinski definition) is 0. The van der Waals surface area contributed by atoms with Crippen LogP contribution in [0.15, 0.2) is 59.7 Å². The summed E-state index contributed by atoms with van der Waals surface area (Å²) >= 11 is 0. The molecule has 0 saturated heterocycles. The van der Waals surface area contributed by atoms with E-state index in [0.717, 1.165) is 19.3 Å². The van der Waals surface area contributed by atoms with E-state index < -0.39 is 0 Å². The van der Waals surface area contributed by atoms with Crippen LogP contribution in [-0.4, -0.2) is 0 Å². The van der Waals surface area contributed by atoms with Crippen LogP contribution in [0.4, 0.5) is 0 Å². The molecule has 0 spiro atoms. The molecule has 0 nitrogen and oxygen atoms in total. The monoisotopic (exact) mass is 224 g/mol. The molecule has 0 N–H and O–H groups in total. The summed E-state index contributed by atoms with van der Waals surface area (Å²) in [6.45, 7) is 8.36. The van der Waals surface area contributed by atoms with Gasteiger partial charge in [0.2, 0.25) is 0 Å². The summed E-state index contributed by atoms with van der Waals surface area (Å²) < 4.78 is 0. The summed E-state index contributed by atoms with van der Waals surface area (Å²) in [5, 5.41) is 0. The average molecular weight is 224 g/mol. The van der Waals surface area contributed by atoms with Crippen molar-refractivity contribution < 1.29 is 0 Å². The van der Waals surface area contributed by atoms with Gasteiger partial charge in [0.1, 0.15) is 0 Å². The first-order chi connectivity index (χ1) is 8.15. The van der Waals surface area contributed by atoms with E-state index in [2.05, 4.69) is 56.8 Å². The van der Waals surface area contributed by atoms with Crippen LogP contribution in [0.25, 0.3) is 0 Å². The van der Waals surface area contributed by atoms with Crippen LogP contribution in [-0.2, 0) is 6.42 Å². The normalized spacial score (nSPS) is 15.5. The van der Waals surface area contributed by atoms with Crippen molar-refractivity contribution in [2.45, 2.75) is 33.1 Å². The third-order valence-corrected chi connectivity index (χ3v) is 3.37. The first kappa shape index (κ1) is 11.9. The van der Waals surface area contributed by atoms with Crippen LogP contribution >= 0.6 is 0 Å². The van der Waals surface area contributed by atoms with Gasteiger partial charge in [0.15, 0.2) is 0 Å². The first-order valence-electron chi connectivity index (χ1n) is 6.26. The summed E-state index contributed by atoms with van der Waals surface area (Å²) in [5.74, 6) is 0. The van der Waals surface area contributed by atoms with Crippen LogP contribution in [0.5, 0.6) is 0 Å². The highest BCUT2D eigenvalue weighted by Crippen LogP contribution is 2.24. The Bertz CT molecular complexity index is 487. The summed E-state index contributed by atoms with van der Waals surface area (Å²) in [7, 11) is 0. The van der Waals surface area contributed by atoms with E-state index >= 15 is 0 Å². The number of aryl methyl sites for hydroxylation is 2. The van der Waals surface area contributed by atoms with Gasteiger partial charge < -0.3 is 0 Å². The Morgan fingerprint density at radius 3 is 2.71 bits per heavy atom. The number of benzene rings is 1. The topological polar surface area (TPSA) is 0 Å². The second-order valence-electron chi connectivity index (χ2n) is 4.91. The van der Waals surface area contributed by atoms with Crippen molar-refractivity contribution in [3.05, 3.63) is 70.8 Å². The zero-order valence-electron chi connectivity index (χ0n) is 10.8. The average Bonchev–Trinajstić information content (AvgIpc) is 2.31. The van der Waals surface area contributed by atoms with Gasteiger partial charge in [-0.1, -0.05) is 54.1 Å². The predicted octanol–water partition coefficient (Wildman–Crippen LogP) is 4.76. The van der Waals surface area contributed by atoms with Crippen molar-refractivity contribution in [1.82, 2.24) is 0 Å². The third-order valence-electron chi connectivity index (χ3n) is 3.37. The van der Waals surface area contributed by atoms with Crippen molar-refractivity contribution >= 4 is 0 Å². The van der Waals surface area contributed by atoms with E-state index in [-0.39, 0.29) is 0 Å². The van der Waals surface area contributed by atoms with Gasteiger partial charge in [-0.2, -0.15) is 0 Å². The van der Waals surface area contributed by atoms with Crippen LogP contribution in [0.2, 0.25) is 0 Å². The number of rotatable bonds is 3. The smallest absolute Gasteiger partial charge is 0.0129 e. The maximum Gasteiger partial charge on any atom is -0.0129 e. The molecule has 1 aromatic carbocycles. The van der Waals surface area contributed by atoms with Crippen molar-refractivity contribution in [3.8, 4) is 0 Å². The lowest BCUT2D eigenvalue weighted by Crippen LogP contribution is -1.95. The molecule has 0 atom stereocenters. The standard InChI is InChI=1S/C17H20/c1-13-5-4-6-16(11-13)9-10-17-8-7-14(2)15(3)12-17/h4-7,11-12H,3,8-10H2,1-2H3. The number of allylic oxidation sites excluding steroid dienone is 5. The van der Waals surface area contributed by atoms with Gasteiger partial charge >= 0.3 is 0 Å². The molecule has 0 fully saturated rings. The maximum absolute atomic E-state index is 4.07. The van der Waals surface area contributed by atoms with Gasteiger partial charge in [0.05, 0.1) is 0 Å². The fourth-order valence-electron chi connectivity index (χ4n) is 2.18. The summed E-state index contributed by atoms with van der Waals surface area (Å²) in [6.07, 6.45) is 7.91. The van der Waals surface area contributed by atoms with E-state index in [9.17, 15) is 0 Å². The highest BCUT2D eigenvalue weighted by molar-refractivity contribution is 5.42. The zero-order valence-corrected chi connectivity index (χ0v) is 10.8. The SMILES string of the molecule is C=C1C=C(CCc2cccc(C)c2)CC=C1C. The Kier molecular flexibility index (Phi) is 3.63. The zero-order chi connectivity index (χ0) is 12.3. The fraction of sp³-hybridized carbons (Fsp3) is 0.294. The quantitative estimate of drug-likeness (QED) is 0.694. The van der Waals surface area contributed by atoms with Crippen molar-refractivity contribution in [2.24, 2.45) is 0 Å². The predicted molar refractivity (Wildman–Crippen MR) is 75.1 cm³/mol. The van der Waals surface area contributed by atoms with Crippen molar-refractivity contribution in [3.63, 3.8) is 0 Å². The molecular formula is C17H20. The second-order valence-corrected chi connectivity index (χ2v) is 4.91. The van der Waals surface area contributed by atoms with E-state index in [0.29, 0.717) is 0 Å². The minimum atomic E-state index is 1.09. The molecule has 0 radical (unpaired) electrons. The molecule has 0 aliphatic heterocycles. The summed E-state index contributed by atoms with van der Waals surface area (Å²) in [5.41, 5.74) is 6.78. The van der Waals surface area contributed by atoms with E-state index in [1.807, 2.05) is 0 Å². The largest absolute Gasteiger partial charge is 0.0915 e. The van der Waals surface area contributed by atoms with E-state index in [1.165, 1.54) is 27.8 Å². The molecular weight excluding hydrogens is 204 g/mol.